The van der Waals surface area contributed by atoms with E-state index in [0.717, 1.165) is 18.7 Å². The molecule has 0 radical (unpaired) electrons. The van der Waals surface area contributed by atoms with Gasteiger partial charge in [0.1, 0.15) is 0 Å². The minimum Gasteiger partial charge on any atom is -0.465 e. The second kappa shape index (κ2) is 7.60. The van der Waals surface area contributed by atoms with Crippen LogP contribution in [0.25, 0.3) is 0 Å². The first kappa shape index (κ1) is 15.3. The topological polar surface area (TPSA) is 38.3 Å². The molecule has 0 heterocycles. The second-order valence-electron chi connectivity index (χ2n) is 5.13. The van der Waals surface area contributed by atoms with Gasteiger partial charge in [-0.05, 0) is 29.2 Å². The molecule has 0 aliphatic carbocycles. The molecule has 1 N–H and O–H groups in total. The monoisotopic (exact) mass is 283 g/mol. The van der Waals surface area contributed by atoms with Crippen LogP contribution in [0.5, 0.6) is 0 Å². The van der Waals surface area contributed by atoms with Crippen molar-refractivity contribution in [1.82, 2.24) is 5.32 Å². The summed E-state index contributed by atoms with van der Waals surface area (Å²) >= 11 is 0. The highest BCUT2D eigenvalue weighted by molar-refractivity contribution is 5.89. The molecule has 0 fully saturated rings. The Bertz CT molecular complexity index is 564. The van der Waals surface area contributed by atoms with E-state index < -0.39 is 0 Å². The third-order valence-corrected chi connectivity index (χ3v) is 3.52. The summed E-state index contributed by atoms with van der Waals surface area (Å²) in [5.74, 6) is 0.174. The van der Waals surface area contributed by atoms with Gasteiger partial charge in [0.05, 0.1) is 12.7 Å². The molecule has 0 aliphatic rings. The Labute approximate surface area is 126 Å². The molecular formula is C18H21NO2. The molecule has 0 aliphatic heterocycles. The van der Waals surface area contributed by atoms with Crippen LogP contribution in [-0.4, -0.2) is 19.6 Å². The average Bonchev–Trinajstić information content (AvgIpc) is 2.55. The van der Waals surface area contributed by atoms with Gasteiger partial charge in [-0.1, -0.05) is 49.4 Å². The minimum atomic E-state index is -0.299. The molecule has 110 valence electrons. The first-order valence-corrected chi connectivity index (χ1v) is 7.13. The predicted molar refractivity (Wildman–Crippen MR) is 84.3 cm³/mol. The van der Waals surface area contributed by atoms with E-state index in [-0.39, 0.29) is 5.97 Å². The summed E-state index contributed by atoms with van der Waals surface area (Å²) in [5, 5.41) is 3.45. The van der Waals surface area contributed by atoms with Crippen molar-refractivity contribution in [1.29, 1.82) is 0 Å². The molecule has 0 aromatic heterocycles. The molecule has 3 nitrogen and oxygen atoms in total. The van der Waals surface area contributed by atoms with Crippen LogP contribution in [0.3, 0.4) is 0 Å². The zero-order valence-corrected chi connectivity index (χ0v) is 12.5. The van der Waals surface area contributed by atoms with Gasteiger partial charge in [-0.25, -0.2) is 4.79 Å². The molecule has 1 unspecified atom stereocenters. The van der Waals surface area contributed by atoms with Crippen LogP contribution < -0.4 is 5.32 Å². The van der Waals surface area contributed by atoms with Crippen LogP contribution in [0.15, 0.2) is 54.6 Å². The van der Waals surface area contributed by atoms with Gasteiger partial charge in [-0.3, -0.25) is 0 Å². The van der Waals surface area contributed by atoms with Crippen LogP contribution in [0.4, 0.5) is 0 Å². The number of benzene rings is 2. The zero-order chi connectivity index (χ0) is 15.1. The van der Waals surface area contributed by atoms with Gasteiger partial charge in [-0.2, -0.15) is 0 Å². The Hall–Kier alpha value is -2.13. The lowest BCUT2D eigenvalue weighted by atomic mass is 10.0. The molecule has 2 aromatic carbocycles. The van der Waals surface area contributed by atoms with E-state index in [2.05, 4.69) is 41.2 Å². The van der Waals surface area contributed by atoms with E-state index in [1.54, 1.807) is 12.1 Å². The van der Waals surface area contributed by atoms with E-state index in [9.17, 15) is 4.79 Å². The summed E-state index contributed by atoms with van der Waals surface area (Å²) < 4.78 is 4.68. The number of hydrogen-bond acceptors (Lipinski definition) is 3. The number of rotatable bonds is 6. The third kappa shape index (κ3) is 4.43. The van der Waals surface area contributed by atoms with E-state index in [4.69, 9.17) is 0 Å². The van der Waals surface area contributed by atoms with Gasteiger partial charge in [0.15, 0.2) is 0 Å². The largest absolute Gasteiger partial charge is 0.465 e. The number of ether oxygens (including phenoxy) is 1. The molecular weight excluding hydrogens is 262 g/mol. The number of methoxy groups -OCH3 is 1. The Morgan fingerprint density at radius 3 is 2.38 bits per heavy atom. The second-order valence-corrected chi connectivity index (χ2v) is 5.13. The maximum atomic E-state index is 11.3. The number of carbonyl (C=O) groups is 1. The Kier molecular flexibility index (Phi) is 5.52. The van der Waals surface area contributed by atoms with Crippen molar-refractivity contribution in [2.24, 2.45) is 0 Å². The van der Waals surface area contributed by atoms with E-state index in [0.29, 0.717) is 11.5 Å². The van der Waals surface area contributed by atoms with Crippen molar-refractivity contribution in [3.8, 4) is 0 Å². The molecule has 0 saturated carbocycles. The van der Waals surface area contributed by atoms with Crippen molar-refractivity contribution < 1.29 is 9.53 Å². The average molecular weight is 283 g/mol. The molecule has 0 spiro atoms. The molecule has 21 heavy (non-hydrogen) atoms. The molecule has 0 bridgehead atoms. The number of nitrogens with one attached hydrogen (secondary N) is 1. The zero-order valence-electron chi connectivity index (χ0n) is 12.5. The van der Waals surface area contributed by atoms with E-state index in [1.165, 1.54) is 12.7 Å². The van der Waals surface area contributed by atoms with Gasteiger partial charge in [-0.15, -0.1) is 0 Å². The van der Waals surface area contributed by atoms with Gasteiger partial charge in [0.25, 0.3) is 0 Å². The summed E-state index contributed by atoms with van der Waals surface area (Å²) in [4.78, 5) is 11.3. The van der Waals surface area contributed by atoms with Crippen LogP contribution in [0, 0.1) is 0 Å². The molecule has 0 saturated heterocycles. The Balaban J connectivity index is 1.82. The fourth-order valence-corrected chi connectivity index (χ4v) is 2.21. The maximum Gasteiger partial charge on any atom is 0.337 e. The van der Waals surface area contributed by atoms with Crippen LogP contribution in [0.1, 0.15) is 34.3 Å². The molecule has 3 heteroatoms. The highest BCUT2D eigenvalue weighted by Gasteiger charge is 2.06. The standard InChI is InChI=1S/C18H21NO2/c1-14(16-6-4-3-5-7-16)12-19-13-15-8-10-17(11-9-15)18(20)21-2/h3-11,14,19H,12-13H2,1-2H3. The normalized spacial score (nSPS) is 11.9. The molecule has 0 amide bonds. The Morgan fingerprint density at radius 1 is 1.10 bits per heavy atom. The van der Waals surface area contributed by atoms with Crippen molar-refractivity contribution in [3.63, 3.8) is 0 Å². The molecule has 1 atom stereocenters. The summed E-state index contributed by atoms with van der Waals surface area (Å²) in [5.41, 5.74) is 3.08. The summed E-state index contributed by atoms with van der Waals surface area (Å²) in [6.07, 6.45) is 0. The first-order valence-electron chi connectivity index (χ1n) is 7.13. The fourth-order valence-electron chi connectivity index (χ4n) is 2.21. The van der Waals surface area contributed by atoms with Crippen molar-refractivity contribution in [3.05, 3.63) is 71.3 Å². The summed E-state index contributed by atoms with van der Waals surface area (Å²) in [7, 11) is 1.39. The minimum absolute atomic E-state index is 0.299. The summed E-state index contributed by atoms with van der Waals surface area (Å²) in [6, 6.07) is 18.0. The lowest BCUT2D eigenvalue weighted by Crippen LogP contribution is -2.19. The number of carbonyl (C=O) groups excluding carboxylic acids is 1. The maximum absolute atomic E-state index is 11.3. The van der Waals surface area contributed by atoms with Crippen LogP contribution in [-0.2, 0) is 11.3 Å². The van der Waals surface area contributed by atoms with Crippen molar-refractivity contribution in [2.45, 2.75) is 19.4 Å². The first-order chi connectivity index (χ1) is 10.2. The van der Waals surface area contributed by atoms with Crippen molar-refractivity contribution >= 4 is 5.97 Å². The number of hydrogen-bond donors (Lipinski definition) is 1. The van der Waals surface area contributed by atoms with Crippen LogP contribution in [0.2, 0.25) is 0 Å². The van der Waals surface area contributed by atoms with Crippen LogP contribution >= 0.6 is 0 Å². The van der Waals surface area contributed by atoms with Gasteiger partial charge in [0, 0.05) is 13.1 Å². The van der Waals surface area contributed by atoms with Gasteiger partial charge in [0.2, 0.25) is 0 Å². The quantitative estimate of drug-likeness (QED) is 0.826. The number of esters is 1. The lowest BCUT2D eigenvalue weighted by Gasteiger charge is -2.13. The SMILES string of the molecule is COC(=O)c1ccc(CNCC(C)c2ccccc2)cc1. The highest BCUT2D eigenvalue weighted by Crippen LogP contribution is 2.13. The molecule has 2 rings (SSSR count). The fraction of sp³-hybridized carbons (Fsp3) is 0.278. The van der Waals surface area contributed by atoms with Gasteiger partial charge >= 0.3 is 5.97 Å². The van der Waals surface area contributed by atoms with E-state index >= 15 is 0 Å². The van der Waals surface area contributed by atoms with E-state index in [1.807, 2.05) is 18.2 Å². The van der Waals surface area contributed by atoms with Gasteiger partial charge < -0.3 is 10.1 Å². The highest BCUT2D eigenvalue weighted by atomic mass is 16.5. The van der Waals surface area contributed by atoms with Crippen molar-refractivity contribution in [2.75, 3.05) is 13.7 Å². The third-order valence-electron chi connectivity index (χ3n) is 3.52. The predicted octanol–water partition coefficient (Wildman–Crippen LogP) is 3.37. The molecule has 2 aromatic rings. The lowest BCUT2D eigenvalue weighted by molar-refractivity contribution is 0.0600. The summed E-state index contributed by atoms with van der Waals surface area (Å²) in [6.45, 7) is 3.92. The Morgan fingerprint density at radius 2 is 1.76 bits per heavy atom. The smallest absolute Gasteiger partial charge is 0.337 e.